The largest absolute Gasteiger partial charge is 0.473 e. The van der Waals surface area contributed by atoms with E-state index in [1.165, 1.54) is 31.2 Å². The molecule has 1 heterocycles. The van der Waals surface area contributed by atoms with Gasteiger partial charge in [-0.25, -0.2) is 4.39 Å². The van der Waals surface area contributed by atoms with Gasteiger partial charge in [0.05, 0.1) is 0 Å². The molecule has 120 valence electrons. The molecule has 1 aromatic carbocycles. The quantitative estimate of drug-likeness (QED) is 0.675. The van der Waals surface area contributed by atoms with Crippen LogP contribution >= 0.6 is 0 Å². The number of carbonyl (C=O) groups is 1. The molecule has 0 spiro atoms. The van der Waals surface area contributed by atoms with E-state index in [9.17, 15) is 19.3 Å². The second-order valence-electron chi connectivity index (χ2n) is 4.79. The molecule has 0 aliphatic carbocycles. The summed E-state index contributed by atoms with van der Waals surface area (Å²) < 4.78 is 18.4. The Morgan fingerprint density at radius 2 is 2.13 bits per heavy atom. The van der Waals surface area contributed by atoms with Crippen LogP contribution in [0.15, 0.2) is 36.4 Å². The highest BCUT2D eigenvalue weighted by molar-refractivity contribution is 5.94. The van der Waals surface area contributed by atoms with E-state index in [0.717, 1.165) is 6.07 Å². The lowest BCUT2D eigenvalue weighted by atomic mass is 10.3. The minimum absolute atomic E-state index is 0.109. The minimum Gasteiger partial charge on any atom is -0.473 e. The Balaban J connectivity index is 2.11. The molecule has 0 saturated heterocycles. The molecule has 0 aliphatic heterocycles. The standard InChI is InChI=1S/C15H14FN3O4/c1-9-6-7-13(14(17-9)19(21)22)23-10(2)15(20)18-12-5-3-4-11(16)8-12/h3-8,10H,1-2H3,(H,18,20)/t10-/m0/s1. The van der Waals surface area contributed by atoms with Gasteiger partial charge in [0.2, 0.25) is 5.75 Å². The van der Waals surface area contributed by atoms with Crippen LogP contribution in [0.3, 0.4) is 0 Å². The zero-order valence-electron chi connectivity index (χ0n) is 12.4. The molecule has 2 aromatic rings. The number of aryl methyl sites for hydroxylation is 1. The van der Waals surface area contributed by atoms with E-state index >= 15 is 0 Å². The zero-order valence-corrected chi connectivity index (χ0v) is 12.4. The topological polar surface area (TPSA) is 94.4 Å². The lowest BCUT2D eigenvalue weighted by molar-refractivity contribution is -0.390. The van der Waals surface area contributed by atoms with Crippen LogP contribution in [0.4, 0.5) is 15.9 Å². The number of hydrogen-bond donors (Lipinski definition) is 1. The van der Waals surface area contributed by atoms with Gasteiger partial charge in [0.1, 0.15) is 11.5 Å². The van der Waals surface area contributed by atoms with Gasteiger partial charge in [0, 0.05) is 12.6 Å². The van der Waals surface area contributed by atoms with E-state index in [4.69, 9.17) is 4.74 Å². The van der Waals surface area contributed by atoms with Crippen molar-refractivity contribution in [3.63, 3.8) is 0 Å². The summed E-state index contributed by atoms with van der Waals surface area (Å²) in [6, 6.07) is 8.29. The molecule has 0 unspecified atom stereocenters. The predicted molar refractivity (Wildman–Crippen MR) is 80.7 cm³/mol. The first kappa shape index (κ1) is 16.3. The van der Waals surface area contributed by atoms with Crippen molar-refractivity contribution in [2.45, 2.75) is 20.0 Å². The van der Waals surface area contributed by atoms with Crippen molar-refractivity contribution in [2.75, 3.05) is 5.32 Å². The number of nitro groups is 1. The van der Waals surface area contributed by atoms with Crippen molar-refractivity contribution in [1.82, 2.24) is 4.98 Å². The normalized spacial score (nSPS) is 11.6. The summed E-state index contributed by atoms with van der Waals surface area (Å²) in [5.41, 5.74) is 0.725. The third kappa shape index (κ3) is 4.22. The number of aromatic nitrogens is 1. The van der Waals surface area contributed by atoms with Gasteiger partial charge in [-0.15, -0.1) is 0 Å². The first-order valence-corrected chi connectivity index (χ1v) is 6.72. The van der Waals surface area contributed by atoms with Gasteiger partial charge < -0.3 is 20.2 Å². The second-order valence-corrected chi connectivity index (χ2v) is 4.79. The van der Waals surface area contributed by atoms with Crippen LogP contribution in [0.1, 0.15) is 12.6 Å². The number of nitrogens with zero attached hydrogens (tertiary/aromatic N) is 2. The fourth-order valence-electron chi connectivity index (χ4n) is 1.81. The van der Waals surface area contributed by atoms with Crippen molar-refractivity contribution in [1.29, 1.82) is 0 Å². The van der Waals surface area contributed by atoms with E-state index in [2.05, 4.69) is 10.3 Å². The van der Waals surface area contributed by atoms with Crippen molar-refractivity contribution in [3.8, 4) is 5.75 Å². The maximum absolute atomic E-state index is 13.1. The van der Waals surface area contributed by atoms with Gasteiger partial charge in [0.15, 0.2) is 6.10 Å². The Labute approximate surface area is 131 Å². The van der Waals surface area contributed by atoms with Crippen LogP contribution in [0.2, 0.25) is 0 Å². The second kappa shape index (κ2) is 6.82. The van der Waals surface area contributed by atoms with Crippen molar-refractivity contribution in [3.05, 3.63) is 58.0 Å². The number of rotatable bonds is 5. The van der Waals surface area contributed by atoms with Crippen LogP contribution in [0.5, 0.6) is 5.75 Å². The first-order chi connectivity index (χ1) is 10.9. The van der Waals surface area contributed by atoms with E-state index in [1.54, 1.807) is 13.0 Å². The molecule has 1 atom stereocenters. The number of halogens is 1. The van der Waals surface area contributed by atoms with E-state index in [-0.39, 0.29) is 11.4 Å². The van der Waals surface area contributed by atoms with E-state index < -0.39 is 28.6 Å². The molecule has 1 amide bonds. The van der Waals surface area contributed by atoms with Crippen LogP contribution in [0, 0.1) is 22.9 Å². The van der Waals surface area contributed by atoms with Gasteiger partial charge in [-0.3, -0.25) is 4.79 Å². The number of amides is 1. The van der Waals surface area contributed by atoms with Crippen LogP contribution < -0.4 is 10.1 Å². The summed E-state index contributed by atoms with van der Waals surface area (Å²) in [6.45, 7) is 3.04. The van der Waals surface area contributed by atoms with Crippen LogP contribution in [0.25, 0.3) is 0 Å². The SMILES string of the molecule is Cc1ccc(O[C@@H](C)C(=O)Nc2cccc(F)c2)c([N+](=O)[O-])n1. The summed E-state index contributed by atoms with van der Waals surface area (Å²) >= 11 is 0. The van der Waals surface area contributed by atoms with Crippen molar-refractivity contribution >= 4 is 17.4 Å². The van der Waals surface area contributed by atoms with Gasteiger partial charge in [-0.05, 0) is 47.2 Å². The molecular formula is C15H14FN3O4. The van der Waals surface area contributed by atoms with E-state index in [1.807, 2.05) is 0 Å². The fraction of sp³-hybridized carbons (Fsp3) is 0.200. The summed E-state index contributed by atoms with van der Waals surface area (Å²) in [5, 5.41) is 13.4. The fourth-order valence-corrected chi connectivity index (χ4v) is 1.81. The van der Waals surface area contributed by atoms with Gasteiger partial charge in [-0.1, -0.05) is 6.07 Å². The predicted octanol–water partition coefficient (Wildman–Crippen LogP) is 2.84. The molecule has 0 bridgehead atoms. The molecule has 1 N–H and O–H groups in total. The van der Waals surface area contributed by atoms with Crippen molar-refractivity contribution in [2.24, 2.45) is 0 Å². The molecule has 0 radical (unpaired) electrons. The minimum atomic E-state index is -1.03. The Kier molecular flexibility index (Phi) is 4.85. The average molecular weight is 319 g/mol. The number of hydrogen-bond acceptors (Lipinski definition) is 5. The molecular weight excluding hydrogens is 305 g/mol. The van der Waals surface area contributed by atoms with Crippen molar-refractivity contribution < 1.29 is 18.8 Å². The summed E-state index contributed by atoms with van der Waals surface area (Å²) in [7, 11) is 0. The smallest absolute Gasteiger partial charge is 0.406 e. The summed E-state index contributed by atoms with van der Waals surface area (Å²) in [6.07, 6.45) is -1.03. The molecule has 23 heavy (non-hydrogen) atoms. The van der Waals surface area contributed by atoms with Gasteiger partial charge in [-0.2, -0.15) is 0 Å². The highest BCUT2D eigenvalue weighted by Gasteiger charge is 2.23. The Hall–Kier alpha value is -3.03. The maximum atomic E-state index is 13.1. The Morgan fingerprint density at radius 1 is 1.39 bits per heavy atom. The summed E-state index contributed by atoms with van der Waals surface area (Å²) in [4.78, 5) is 26.1. The number of anilines is 1. The van der Waals surface area contributed by atoms with E-state index in [0.29, 0.717) is 5.69 Å². The highest BCUT2D eigenvalue weighted by Crippen LogP contribution is 2.25. The lowest BCUT2D eigenvalue weighted by Gasteiger charge is -2.14. The average Bonchev–Trinajstić information content (AvgIpc) is 2.48. The molecule has 2 rings (SSSR count). The first-order valence-electron chi connectivity index (χ1n) is 6.72. The maximum Gasteiger partial charge on any atom is 0.406 e. The molecule has 8 heteroatoms. The monoisotopic (exact) mass is 319 g/mol. The van der Waals surface area contributed by atoms with Gasteiger partial charge in [0.25, 0.3) is 5.91 Å². The third-order valence-corrected chi connectivity index (χ3v) is 2.92. The number of benzene rings is 1. The molecule has 7 nitrogen and oxygen atoms in total. The number of ether oxygens (including phenoxy) is 1. The van der Waals surface area contributed by atoms with Crippen LogP contribution in [-0.2, 0) is 4.79 Å². The highest BCUT2D eigenvalue weighted by atomic mass is 19.1. The number of pyridine rings is 1. The zero-order chi connectivity index (χ0) is 17.0. The number of nitrogens with one attached hydrogen (secondary N) is 1. The van der Waals surface area contributed by atoms with Crippen LogP contribution in [-0.4, -0.2) is 21.9 Å². The number of carbonyl (C=O) groups excluding carboxylic acids is 1. The molecule has 1 aromatic heterocycles. The lowest BCUT2D eigenvalue weighted by Crippen LogP contribution is -2.30. The Morgan fingerprint density at radius 3 is 2.78 bits per heavy atom. The molecule has 0 saturated carbocycles. The molecule has 0 fully saturated rings. The van der Waals surface area contributed by atoms with Gasteiger partial charge >= 0.3 is 5.82 Å². The third-order valence-electron chi connectivity index (χ3n) is 2.92. The Bertz CT molecular complexity index is 751. The molecule has 0 aliphatic rings. The summed E-state index contributed by atoms with van der Waals surface area (Å²) in [5.74, 6) is -1.63.